The van der Waals surface area contributed by atoms with Crippen molar-refractivity contribution in [2.24, 2.45) is 5.92 Å². The summed E-state index contributed by atoms with van der Waals surface area (Å²) in [7, 11) is 0. The summed E-state index contributed by atoms with van der Waals surface area (Å²) in [5.41, 5.74) is -0.258. The molecule has 1 aliphatic heterocycles. The Hall–Kier alpha value is -1.95. The van der Waals surface area contributed by atoms with Crippen LogP contribution in [0.25, 0.3) is 0 Å². The summed E-state index contributed by atoms with van der Waals surface area (Å²) in [5, 5.41) is -0.00929. The van der Waals surface area contributed by atoms with Crippen molar-refractivity contribution < 1.29 is 23.5 Å². The summed E-state index contributed by atoms with van der Waals surface area (Å²) in [6.07, 6.45) is 0.162. The van der Waals surface area contributed by atoms with Crippen molar-refractivity contribution in [1.29, 1.82) is 0 Å². The van der Waals surface area contributed by atoms with Crippen LogP contribution in [0, 0.1) is 11.7 Å². The first-order chi connectivity index (χ1) is 10.5. The lowest BCUT2D eigenvalue weighted by Gasteiger charge is -2.30. The van der Waals surface area contributed by atoms with Gasteiger partial charge in [0.05, 0.1) is 23.7 Å². The number of Topliss-reactive ketones (excluding diaryl/α,β-unsaturated/α-hetero) is 1. The number of ketones is 1. The van der Waals surface area contributed by atoms with Gasteiger partial charge in [-0.3, -0.25) is 14.4 Å². The summed E-state index contributed by atoms with van der Waals surface area (Å²) in [6.45, 7) is 1.75. The predicted molar refractivity (Wildman–Crippen MR) is 77.1 cm³/mol. The molecule has 0 radical (unpaired) electrons. The SMILES string of the molecule is CCOC(=O)C1CCN(C(=O)c2c(F)cccc2Cl)CC1=O. The van der Waals surface area contributed by atoms with E-state index in [-0.39, 0.29) is 36.7 Å². The van der Waals surface area contributed by atoms with Crippen LogP contribution in [0.2, 0.25) is 5.02 Å². The van der Waals surface area contributed by atoms with E-state index < -0.39 is 29.4 Å². The van der Waals surface area contributed by atoms with E-state index in [0.717, 1.165) is 6.07 Å². The number of rotatable bonds is 3. The number of esters is 1. The Morgan fingerprint density at radius 1 is 1.45 bits per heavy atom. The molecule has 22 heavy (non-hydrogen) atoms. The Balaban J connectivity index is 2.12. The molecule has 1 fully saturated rings. The molecular formula is C15H15ClFNO4. The molecule has 1 saturated heterocycles. The lowest BCUT2D eigenvalue weighted by atomic mass is 9.95. The van der Waals surface area contributed by atoms with E-state index in [4.69, 9.17) is 16.3 Å². The molecule has 0 aromatic heterocycles. The smallest absolute Gasteiger partial charge is 0.316 e. The van der Waals surface area contributed by atoms with E-state index in [2.05, 4.69) is 0 Å². The molecule has 0 aliphatic carbocycles. The number of likely N-dealkylation sites (tertiary alicyclic amines) is 1. The molecule has 0 bridgehead atoms. The molecule has 1 heterocycles. The first-order valence-electron chi connectivity index (χ1n) is 6.88. The lowest BCUT2D eigenvalue weighted by molar-refractivity contribution is -0.153. The van der Waals surface area contributed by atoms with Crippen LogP contribution in [0.3, 0.4) is 0 Å². The fraction of sp³-hybridized carbons (Fsp3) is 0.400. The van der Waals surface area contributed by atoms with Gasteiger partial charge in [0.15, 0.2) is 5.78 Å². The van der Waals surface area contributed by atoms with Crippen LogP contribution in [0.15, 0.2) is 18.2 Å². The number of ether oxygens (including phenoxy) is 1. The highest BCUT2D eigenvalue weighted by atomic mass is 35.5. The number of carbonyl (C=O) groups is 3. The third kappa shape index (κ3) is 3.27. The Labute approximate surface area is 132 Å². The molecule has 7 heteroatoms. The van der Waals surface area contributed by atoms with Crippen LogP contribution in [0.5, 0.6) is 0 Å². The minimum Gasteiger partial charge on any atom is -0.465 e. The average Bonchev–Trinajstić information content (AvgIpc) is 2.46. The van der Waals surface area contributed by atoms with Gasteiger partial charge in [-0.15, -0.1) is 0 Å². The fourth-order valence-electron chi connectivity index (χ4n) is 2.35. The maximum absolute atomic E-state index is 13.8. The largest absolute Gasteiger partial charge is 0.465 e. The first-order valence-corrected chi connectivity index (χ1v) is 7.26. The van der Waals surface area contributed by atoms with E-state index in [1.165, 1.54) is 17.0 Å². The van der Waals surface area contributed by atoms with Crippen LogP contribution in [0.1, 0.15) is 23.7 Å². The standard InChI is InChI=1S/C15H15ClFNO4/c1-2-22-15(21)9-6-7-18(8-12(9)19)14(20)13-10(16)4-3-5-11(13)17/h3-5,9H,2,6-8H2,1H3. The summed E-state index contributed by atoms with van der Waals surface area (Å²) in [5.74, 6) is -3.25. The maximum atomic E-state index is 13.8. The van der Waals surface area contributed by atoms with Gasteiger partial charge in [0, 0.05) is 6.54 Å². The minimum absolute atomic E-state index is 0.00929. The third-order valence-corrected chi connectivity index (χ3v) is 3.77. The molecular weight excluding hydrogens is 313 g/mol. The molecule has 118 valence electrons. The Morgan fingerprint density at radius 3 is 2.77 bits per heavy atom. The molecule has 1 aliphatic rings. The van der Waals surface area contributed by atoms with Gasteiger partial charge in [0.25, 0.3) is 5.91 Å². The minimum atomic E-state index is -0.861. The summed E-state index contributed by atoms with van der Waals surface area (Å²) in [4.78, 5) is 37.2. The molecule has 1 aromatic rings. The van der Waals surface area contributed by atoms with Gasteiger partial charge in [0.2, 0.25) is 0 Å². The number of carbonyl (C=O) groups excluding carboxylic acids is 3. The molecule has 2 rings (SSSR count). The zero-order chi connectivity index (χ0) is 16.3. The van der Waals surface area contributed by atoms with E-state index in [0.29, 0.717) is 0 Å². The number of hydrogen-bond donors (Lipinski definition) is 0. The van der Waals surface area contributed by atoms with Crippen molar-refractivity contribution in [3.63, 3.8) is 0 Å². The normalized spacial score (nSPS) is 18.2. The van der Waals surface area contributed by atoms with Crippen molar-refractivity contribution in [2.75, 3.05) is 19.7 Å². The molecule has 0 saturated carbocycles. The van der Waals surface area contributed by atoms with Crippen LogP contribution in [-0.2, 0) is 14.3 Å². The van der Waals surface area contributed by atoms with Crippen LogP contribution in [0.4, 0.5) is 4.39 Å². The molecule has 0 spiro atoms. The molecule has 1 amide bonds. The highest BCUT2D eigenvalue weighted by molar-refractivity contribution is 6.33. The second kappa shape index (κ2) is 6.87. The quantitative estimate of drug-likeness (QED) is 0.630. The third-order valence-electron chi connectivity index (χ3n) is 3.46. The highest BCUT2D eigenvalue weighted by Gasteiger charge is 2.36. The van der Waals surface area contributed by atoms with E-state index in [9.17, 15) is 18.8 Å². The van der Waals surface area contributed by atoms with Gasteiger partial charge in [-0.05, 0) is 25.5 Å². The van der Waals surface area contributed by atoms with E-state index in [1.807, 2.05) is 0 Å². The lowest BCUT2D eigenvalue weighted by Crippen LogP contribution is -2.47. The number of halogens is 2. The molecule has 1 aromatic carbocycles. The van der Waals surface area contributed by atoms with Gasteiger partial charge in [-0.2, -0.15) is 0 Å². The second-order valence-corrected chi connectivity index (χ2v) is 5.29. The highest BCUT2D eigenvalue weighted by Crippen LogP contribution is 2.23. The van der Waals surface area contributed by atoms with Crippen LogP contribution >= 0.6 is 11.6 Å². The second-order valence-electron chi connectivity index (χ2n) is 4.88. The van der Waals surface area contributed by atoms with Crippen molar-refractivity contribution in [2.45, 2.75) is 13.3 Å². The fourth-order valence-corrected chi connectivity index (χ4v) is 2.59. The summed E-state index contributed by atoms with van der Waals surface area (Å²) < 4.78 is 18.6. The first kappa shape index (κ1) is 16.4. The number of nitrogens with zero attached hydrogens (tertiary/aromatic N) is 1. The topological polar surface area (TPSA) is 63.7 Å². The predicted octanol–water partition coefficient (Wildman–Crippen LogP) is 2.07. The molecule has 5 nitrogen and oxygen atoms in total. The van der Waals surface area contributed by atoms with Crippen molar-refractivity contribution in [3.8, 4) is 0 Å². The van der Waals surface area contributed by atoms with Gasteiger partial charge < -0.3 is 9.64 Å². The maximum Gasteiger partial charge on any atom is 0.316 e. The number of piperidine rings is 1. The molecule has 0 N–H and O–H groups in total. The van der Waals surface area contributed by atoms with Crippen LogP contribution < -0.4 is 0 Å². The Bertz CT molecular complexity index is 599. The summed E-state index contributed by atoms with van der Waals surface area (Å²) >= 11 is 5.85. The zero-order valence-corrected chi connectivity index (χ0v) is 12.7. The van der Waals surface area contributed by atoms with Gasteiger partial charge in [-0.25, -0.2) is 4.39 Å². The molecule has 1 atom stereocenters. The number of benzene rings is 1. The van der Waals surface area contributed by atoms with E-state index in [1.54, 1.807) is 6.92 Å². The Morgan fingerprint density at radius 2 is 2.18 bits per heavy atom. The molecule has 1 unspecified atom stereocenters. The van der Waals surface area contributed by atoms with Crippen molar-refractivity contribution >= 4 is 29.3 Å². The Kier molecular flexibility index (Phi) is 5.13. The number of amides is 1. The van der Waals surface area contributed by atoms with Crippen molar-refractivity contribution in [1.82, 2.24) is 4.90 Å². The van der Waals surface area contributed by atoms with E-state index >= 15 is 0 Å². The van der Waals surface area contributed by atoms with Gasteiger partial charge in [0.1, 0.15) is 11.7 Å². The number of hydrogen-bond acceptors (Lipinski definition) is 4. The average molecular weight is 328 g/mol. The summed E-state index contributed by atoms with van der Waals surface area (Å²) in [6, 6.07) is 3.93. The zero-order valence-electron chi connectivity index (χ0n) is 12.0. The van der Waals surface area contributed by atoms with Crippen LogP contribution in [-0.4, -0.2) is 42.3 Å². The van der Waals surface area contributed by atoms with Gasteiger partial charge >= 0.3 is 5.97 Å². The van der Waals surface area contributed by atoms with Gasteiger partial charge in [-0.1, -0.05) is 17.7 Å². The monoisotopic (exact) mass is 327 g/mol. The van der Waals surface area contributed by atoms with Crippen molar-refractivity contribution in [3.05, 3.63) is 34.6 Å².